The van der Waals surface area contributed by atoms with Gasteiger partial charge in [-0.3, -0.25) is 0 Å². The summed E-state index contributed by atoms with van der Waals surface area (Å²) < 4.78 is 54.3. The molecule has 0 aromatic carbocycles. The zero-order valence-electron chi connectivity index (χ0n) is 13.6. The first-order valence-electron chi connectivity index (χ1n) is 8.75. The van der Waals surface area contributed by atoms with E-state index < -0.39 is 36.6 Å². The van der Waals surface area contributed by atoms with Crippen LogP contribution in [0.5, 0.6) is 0 Å². The zero-order valence-corrected chi connectivity index (χ0v) is 13.6. The van der Waals surface area contributed by atoms with Crippen LogP contribution in [0, 0.1) is 11.8 Å². The second-order valence-corrected chi connectivity index (χ2v) is 6.66. The van der Waals surface area contributed by atoms with Gasteiger partial charge in [0.15, 0.2) is 6.17 Å². The summed E-state index contributed by atoms with van der Waals surface area (Å²) >= 11 is 0. The van der Waals surface area contributed by atoms with E-state index in [0.29, 0.717) is 32.5 Å². The summed E-state index contributed by atoms with van der Waals surface area (Å²) in [6.07, 6.45) is -1.90. The van der Waals surface area contributed by atoms with Crippen LogP contribution in [-0.2, 0) is 9.47 Å². The molecule has 0 spiro atoms. The molecular weight excluding hydrogens is 293 g/mol. The van der Waals surface area contributed by atoms with Crippen LogP contribution in [0.1, 0.15) is 52.4 Å². The maximum absolute atomic E-state index is 14.6. The third-order valence-electron chi connectivity index (χ3n) is 5.02. The molecule has 0 aromatic heterocycles. The molecule has 2 saturated carbocycles. The van der Waals surface area contributed by atoms with E-state index in [1.165, 1.54) is 0 Å². The van der Waals surface area contributed by atoms with Crippen LogP contribution in [0.3, 0.4) is 0 Å². The molecule has 0 saturated heterocycles. The van der Waals surface area contributed by atoms with E-state index in [4.69, 9.17) is 9.47 Å². The summed E-state index contributed by atoms with van der Waals surface area (Å²) in [5, 5.41) is 0. The maximum atomic E-state index is 14.6. The fourth-order valence-corrected chi connectivity index (χ4v) is 3.78. The lowest BCUT2D eigenvalue weighted by molar-refractivity contribution is -0.151. The van der Waals surface area contributed by atoms with Gasteiger partial charge in [0.25, 0.3) is 0 Å². The van der Waals surface area contributed by atoms with Gasteiger partial charge in [0.2, 0.25) is 0 Å². The first kappa shape index (κ1) is 18.1. The molecule has 0 heterocycles. The smallest absolute Gasteiger partial charge is 0.157 e. The molecule has 2 rings (SSSR count). The molecule has 7 unspecified atom stereocenters. The first-order chi connectivity index (χ1) is 10.6. The Labute approximate surface area is 131 Å². The van der Waals surface area contributed by atoms with Gasteiger partial charge in [-0.1, -0.05) is 20.3 Å². The number of unbranched alkanes of at least 4 members (excludes halogenated alkanes) is 1. The summed E-state index contributed by atoms with van der Waals surface area (Å²) in [6, 6.07) is 0. The molecule has 5 heteroatoms. The van der Waals surface area contributed by atoms with Crippen molar-refractivity contribution in [2.75, 3.05) is 13.2 Å². The average Bonchev–Trinajstić information content (AvgIpc) is 2.51. The highest BCUT2D eigenvalue weighted by Gasteiger charge is 2.53. The zero-order chi connectivity index (χ0) is 16.1. The quantitative estimate of drug-likeness (QED) is 0.646. The van der Waals surface area contributed by atoms with E-state index in [-0.39, 0.29) is 5.92 Å². The topological polar surface area (TPSA) is 18.5 Å². The number of rotatable bonds is 7. The summed E-state index contributed by atoms with van der Waals surface area (Å²) in [5.41, 5.74) is 0. The third kappa shape index (κ3) is 3.97. The van der Waals surface area contributed by atoms with Crippen molar-refractivity contribution in [3.8, 4) is 0 Å². The highest BCUT2D eigenvalue weighted by molar-refractivity contribution is 5.01. The van der Waals surface area contributed by atoms with Crippen molar-refractivity contribution < 1.29 is 22.6 Å². The van der Waals surface area contributed by atoms with E-state index in [9.17, 15) is 13.2 Å². The van der Waals surface area contributed by atoms with E-state index in [1.54, 1.807) is 0 Å². The summed E-state index contributed by atoms with van der Waals surface area (Å²) in [7, 11) is 0. The SMILES string of the molecule is CCCCOC1CC2CCC(OCCC)C(F)C2C(F)C1F. The Bertz CT molecular complexity index is 327. The molecule has 130 valence electrons. The molecule has 2 nitrogen and oxygen atoms in total. The Morgan fingerprint density at radius 1 is 0.818 bits per heavy atom. The Hall–Kier alpha value is -0.290. The Balaban J connectivity index is 1.96. The highest BCUT2D eigenvalue weighted by atomic mass is 19.2. The van der Waals surface area contributed by atoms with Gasteiger partial charge in [0.1, 0.15) is 12.3 Å². The van der Waals surface area contributed by atoms with Crippen LogP contribution < -0.4 is 0 Å². The minimum atomic E-state index is -1.78. The molecule has 2 fully saturated rings. The molecule has 7 atom stereocenters. The molecule has 2 aliphatic carbocycles. The number of hydrogen-bond acceptors (Lipinski definition) is 2. The van der Waals surface area contributed by atoms with Gasteiger partial charge in [-0.15, -0.1) is 0 Å². The van der Waals surface area contributed by atoms with Gasteiger partial charge >= 0.3 is 0 Å². The van der Waals surface area contributed by atoms with Gasteiger partial charge in [0.05, 0.1) is 12.2 Å². The van der Waals surface area contributed by atoms with Crippen molar-refractivity contribution in [1.29, 1.82) is 0 Å². The molecule has 0 aliphatic heterocycles. The maximum Gasteiger partial charge on any atom is 0.157 e. The second kappa shape index (κ2) is 8.53. The third-order valence-corrected chi connectivity index (χ3v) is 5.02. The fraction of sp³-hybridized carbons (Fsp3) is 1.00. The van der Waals surface area contributed by atoms with Crippen LogP contribution in [0.25, 0.3) is 0 Å². The van der Waals surface area contributed by atoms with Crippen molar-refractivity contribution in [3.05, 3.63) is 0 Å². The van der Waals surface area contributed by atoms with Crippen molar-refractivity contribution in [2.24, 2.45) is 11.8 Å². The fourth-order valence-electron chi connectivity index (χ4n) is 3.78. The van der Waals surface area contributed by atoms with Gasteiger partial charge in [-0.2, -0.15) is 0 Å². The number of fused-ring (bicyclic) bond motifs is 1. The van der Waals surface area contributed by atoms with E-state index >= 15 is 0 Å². The van der Waals surface area contributed by atoms with Crippen LogP contribution in [0.2, 0.25) is 0 Å². The van der Waals surface area contributed by atoms with E-state index in [1.807, 2.05) is 13.8 Å². The van der Waals surface area contributed by atoms with Crippen LogP contribution >= 0.6 is 0 Å². The van der Waals surface area contributed by atoms with Gasteiger partial charge in [-0.25, -0.2) is 13.2 Å². The monoisotopic (exact) mass is 322 g/mol. The standard InChI is InChI=1S/C17H29F3O2/c1-3-5-9-22-13-10-11-6-7-12(21-8-4-2)15(18)14(11)17(20)16(13)19/h11-17H,3-10H2,1-2H3. The Morgan fingerprint density at radius 2 is 1.55 bits per heavy atom. The van der Waals surface area contributed by atoms with Crippen LogP contribution in [0.15, 0.2) is 0 Å². The lowest BCUT2D eigenvalue weighted by Gasteiger charge is -2.46. The van der Waals surface area contributed by atoms with Crippen molar-refractivity contribution in [3.63, 3.8) is 0 Å². The lowest BCUT2D eigenvalue weighted by Crippen LogP contribution is -2.55. The Kier molecular flexibility index (Phi) is 7.00. The highest BCUT2D eigenvalue weighted by Crippen LogP contribution is 2.46. The molecule has 0 aromatic rings. The molecule has 22 heavy (non-hydrogen) atoms. The first-order valence-corrected chi connectivity index (χ1v) is 8.75. The normalized spacial score (nSPS) is 42.1. The molecular formula is C17H29F3O2. The number of ether oxygens (including phenoxy) is 2. The Morgan fingerprint density at radius 3 is 2.23 bits per heavy atom. The molecule has 0 bridgehead atoms. The van der Waals surface area contributed by atoms with E-state index in [2.05, 4.69) is 0 Å². The molecule has 0 radical (unpaired) electrons. The summed E-state index contributed by atoms with van der Waals surface area (Å²) in [5.74, 6) is -1.01. The second-order valence-electron chi connectivity index (χ2n) is 6.66. The molecule has 0 amide bonds. The minimum absolute atomic E-state index is 0.134. The lowest BCUT2D eigenvalue weighted by atomic mass is 9.66. The van der Waals surface area contributed by atoms with E-state index in [0.717, 1.165) is 19.3 Å². The molecule has 2 aliphatic rings. The predicted molar refractivity (Wildman–Crippen MR) is 80.2 cm³/mol. The predicted octanol–water partition coefficient (Wildman–Crippen LogP) is 4.41. The largest absolute Gasteiger partial charge is 0.375 e. The van der Waals surface area contributed by atoms with Gasteiger partial charge in [0, 0.05) is 19.1 Å². The van der Waals surface area contributed by atoms with Crippen LogP contribution in [0.4, 0.5) is 13.2 Å². The number of hydrogen-bond donors (Lipinski definition) is 0. The van der Waals surface area contributed by atoms with Crippen molar-refractivity contribution in [1.82, 2.24) is 0 Å². The van der Waals surface area contributed by atoms with Crippen molar-refractivity contribution in [2.45, 2.75) is 83.1 Å². The number of halogens is 3. The van der Waals surface area contributed by atoms with Crippen molar-refractivity contribution >= 4 is 0 Å². The molecule has 0 N–H and O–H groups in total. The number of alkyl halides is 3. The van der Waals surface area contributed by atoms with Gasteiger partial charge in [-0.05, 0) is 38.0 Å². The van der Waals surface area contributed by atoms with Crippen LogP contribution in [-0.4, -0.2) is 43.9 Å². The average molecular weight is 322 g/mol. The minimum Gasteiger partial charge on any atom is -0.375 e. The summed E-state index contributed by atoms with van der Waals surface area (Å²) in [6.45, 7) is 4.90. The summed E-state index contributed by atoms with van der Waals surface area (Å²) in [4.78, 5) is 0. The van der Waals surface area contributed by atoms with Gasteiger partial charge < -0.3 is 9.47 Å².